The van der Waals surface area contributed by atoms with Gasteiger partial charge in [0.25, 0.3) is 0 Å². The molecule has 0 bridgehead atoms. The molecule has 3 nitrogen and oxygen atoms in total. The molecule has 0 radical (unpaired) electrons. The maximum Gasteiger partial charge on any atom is 0.167 e. The molecule has 1 atom stereocenters. The Morgan fingerprint density at radius 3 is 1.58 bits per heavy atom. The summed E-state index contributed by atoms with van der Waals surface area (Å²) >= 11 is 0. The Balaban J connectivity index is 4.26. The van der Waals surface area contributed by atoms with Crippen molar-refractivity contribution >= 4 is 0 Å². The van der Waals surface area contributed by atoms with Crippen LogP contribution in [-0.4, -0.2) is 40.5 Å². The lowest BCUT2D eigenvalue weighted by molar-refractivity contribution is -0.112. The molecule has 2 N–H and O–H groups in total. The Bertz CT molecular complexity index is 103. The van der Waals surface area contributed by atoms with Crippen LogP contribution in [0.15, 0.2) is 0 Å². The highest BCUT2D eigenvalue weighted by Gasteiger charge is 2.25. The van der Waals surface area contributed by atoms with Gasteiger partial charge in [0.05, 0.1) is 6.04 Å². The van der Waals surface area contributed by atoms with Gasteiger partial charge in [-0.1, -0.05) is 27.7 Å². The summed E-state index contributed by atoms with van der Waals surface area (Å²) in [5.74, 6) is 0.268. The van der Waals surface area contributed by atoms with Crippen LogP contribution < -0.4 is 0 Å². The van der Waals surface area contributed by atoms with E-state index in [9.17, 15) is 0 Å². The van der Waals surface area contributed by atoms with E-state index in [0.29, 0.717) is 0 Å². The minimum atomic E-state index is -1.23. The van der Waals surface area contributed by atoms with Gasteiger partial charge in [-0.15, -0.1) is 0 Å². The Kier molecular flexibility index (Phi) is 5.46. The number of aliphatic hydroxyl groups is 2. The average molecular weight is 175 g/mol. The van der Waals surface area contributed by atoms with Crippen molar-refractivity contribution in [1.29, 1.82) is 0 Å². The predicted octanol–water partition coefficient (Wildman–Crippen LogP) is 0.663. The van der Waals surface area contributed by atoms with Crippen molar-refractivity contribution in [1.82, 2.24) is 4.90 Å². The zero-order valence-electron chi connectivity index (χ0n) is 8.49. The standard InChI is InChI=1S/C9H21NO2/c1-5-10(6-2)8(7(3)4)9(11)12/h7-9,11-12H,5-6H2,1-4H3/t8-/m1/s1. The summed E-state index contributed by atoms with van der Waals surface area (Å²) in [5, 5.41) is 18.3. The van der Waals surface area contributed by atoms with Gasteiger partial charge in [0.2, 0.25) is 0 Å². The fourth-order valence-electron chi connectivity index (χ4n) is 1.60. The Morgan fingerprint density at radius 2 is 1.50 bits per heavy atom. The Hall–Kier alpha value is -0.120. The number of likely N-dealkylation sites (N-methyl/N-ethyl adjacent to an activating group) is 1. The van der Waals surface area contributed by atoms with Crippen LogP contribution in [0, 0.1) is 5.92 Å². The van der Waals surface area contributed by atoms with E-state index in [1.54, 1.807) is 0 Å². The lowest BCUT2D eigenvalue weighted by Gasteiger charge is -2.33. The quantitative estimate of drug-likeness (QED) is 0.603. The molecule has 0 aromatic heterocycles. The van der Waals surface area contributed by atoms with Crippen molar-refractivity contribution < 1.29 is 10.2 Å². The third-order valence-electron chi connectivity index (χ3n) is 2.22. The first-order valence-corrected chi connectivity index (χ1v) is 4.64. The molecule has 0 saturated heterocycles. The molecule has 0 unspecified atom stereocenters. The van der Waals surface area contributed by atoms with Crippen LogP contribution in [0.4, 0.5) is 0 Å². The van der Waals surface area contributed by atoms with E-state index in [0.717, 1.165) is 13.1 Å². The molecule has 0 saturated carbocycles. The fraction of sp³-hybridized carbons (Fsp3) is 1.00. The summed E-state index contributed by atoms with van der Waals surface area (Å²) in [7, 11) is 0. The van der Waals surface area contributed by atoms with E-state index >= 15 is 0 Å². The van der Waals surface area contributed by atoms with Crippen molar-refractivity contribution in [2.24, 2.45) is 5.92 Å². The van der Waals surface area contributed by atoms with Gasteiger partial charge >= 0.3 is 0 Å². The van der Waals surface area contributed by atoms with Crippen molar-refractivity contribution in [2.45, 2.75) is 40.0 Å². The van der Waals surface area contributed by atoms with Gasteiger partial charge in [-0.2, -0.15) is 0 Å². The average Bonchev–Trinajstić information content (AvgIpc) is 1.98. The van der Waals surface area contributed by atoms with Gasteiger partial charge in [0, 0.05) is 0 Å². The topological polar surface area (TPSA) is 43.7 Å². The van der Waals surface area contributed by atoms with E-state index in [4.69, 9.17) is 10.2 Å². The summed E-state index contributed by atoms with van der Waals surface area (Å²) in [6.07, 6.45) is -1.23. The van der Waals surface area contributed by atoms with Crippen molar-refractivity contribution in [2.75, 3.05) is 13.1 Å². The van der Waals surface area contributed by atoms with E-state index in [1.807, 2.05) is 27.7 Å². The molecule has 0 aromatic carbocycles. The predicted molar refractivity (Wildman–Crippen MR) is 49.8 cm³/mol. The first-order chi connectivity index (χ1) is 5.54. The summed E-state index contributed by atoms with van der Waals surface area (Å²) in [6, 6.07) is -0.139. The van der Waals surface area contributed by atoms with Gasteiger partial charge in [0.1, 0.15) is 0 Å². The molecule has 0 amide bonds. The number of nitrogens with zero attached hydrogens (tertiary/aromatic N) is 1. The van der Waals surface area contributed by atoms with Crippen LogP contribution in [0.5, 0.6) is 0 Å². The lowest BCUT2D eigenvalue weighted by Crippen LogP contribution is -2.46. The molecule has 0 aromatic rings. The van der Waals surface area contributed by atoms with Crippen molar-refractivity contribution in [3.05, 3.63) is 0 Å². The summed E-state index contributed by atoms with van der Waals surface area (Å²) in [6.45, 7) is 9.78. The van der Waals surface area contributed by atoms with Crippen LogP contribution in [0.2, 0.25) is 0 Å². The van der Waals surface area contributed by atoms with Crippen LogP contribution in [0.1, 0.15) is 27.7 Å². The second kappa shape index (κ2) is 5.51. The number of rotatable bonds is 5. The van der Waals surface area contributed by atoms with Crippen molar-refractivity contribution in [3.63, 3.8) is 0 Å². The maximum atomic E-state index is 9.13. The SMILES string of the molecule is CCN(CC)[C@H](C(C)C)C(O)O. The molecular formula is C9H21NO2. The first-order valence-electron chi connectivity index (χ1n) is 4.64. The fourth-order valence-corrected chi connectivity index (χ4v) is 1.60. The number of hydrogen-bond acceptors (Lipinski definition) is 3. The smallest absolute Gasteiger partial charge is 0.167 e. The molecule has 3 heteroatoms. The highest BCUT2D eigenvalue weighted by Crippen LogP contribution is 2.12. The molecule has 0 rings (SSSR count). The monoisotopic (exact) mass is 175 g/mol. The minimum Gasteiger partial charge on any atom is -0.367 e. The molecule has 0 heterocycles. The molecule has 0 aliphatic heterocycles. The molecule has 74 valence electrons. The van der Waals surface area contributed by atoms with E-state index in [-0.39, 0.29) is 12.0 Å². The minimum absolute atomic E-state index is 0.139. The maximum absolute atomic E-state index is 9.13. The van der Waals surface area contributed by atoms with Crippen LogP contribution in [0.3, 0.4) is 0 Å². The Morgan fingerprint density at radius 1 is 1.08 bits per heavy atom. The van der Waals surface area contributed by atoms with Crippen LogP contribution >= 0.6 is 0 Å². The van der Waals surface area contributed by atoms with Gasteiger partial charge in [0.15, 0.2) is 6.29 Å². The number of aliphatic hydroxyl groups excluding tert-OH is 1. The molecule has 0 fully saturated rings. The van der Waals surface area contributed by atoms with Crippen LogP contribution in [0.25, 0.3) is 0 Å². The van der Waals surface area contributed by atoms with Crippen LogP contribution in [-0.2, 0) is 0 Å². The third kappa shape index (κ3) is 3.09. The third-order valence-corrected chi connectivity index (χ3v) is 2.22. The van der Waals surface area contributed by atoms with E-state index in [2.05, 4.69) is 4.90 Å². The zero-order chi connectivity index (χ0) is 9.72. The number of hydrogen-bond donors (Lipinski definition) is 2. The zero-order valence-corrected chi connectivity index (χ0v) is 8.49. The highest BCUT2D eigenvalue weighted by atomic mass is 16.5. The normalized spacial score (nSPS) is 14.8. The first kappa shape index (κ1) is 11.9. The summed E-state index contributed by atoms with van der Waals surface area (Å²) < 4.78 is 0. The second-order valence-corrected chi connectivity index (χ2v) is 3.37. The molecule has 12 heavy (non-hydrogen) atoms. The molecule has 0 aliphatic rings. The largest absolute Gasteiger partial charge is 0.367 e. The van der Waals surface area contributed by atoms with Gasteiger partial charge in [-0.3, -0.25) is 4.90 Å². The van der Waals surface area contributed by atoms with Gasteiger partial charge in [-0.25, -0.2) is 0 Å². The molecular weight excluding hydrogens is 154 g/mol. The summed E-state index contributed by atoms with van der Waals surface area (Å²) in [4.78, 5) is 2.06. The van der Waals surface area contributed by atoms with Gasteiger partial charge in [-0.05, 0) is 19.0 Å². The molecule has 0 aliphatic carbocycles. The Labute approximate surface area is 75.0 Å². The van der Waals surface area contributed by atoms with E-state index in [1.165, 1.54) is 0 Å². The summed E-state index contributed by atoms with van der Waals surface area (Å²) in [5.41, 5.74) is 0. The molecule has 0 spiro atoms. The van der Waals surface area contributed by atoms with Gasteiger partial charge < -0.3 is 10.2 Å². The lowest BCUT2D eigenvalue weighted by atomic mass is 10.0. The van der Waals surface area contributed by atoms with Crippen molar-refractivity contribution in [3.8, 4) is 0 Å². The second-order valence-electron chi connectivity index (χ2n) is 3.37. The van der Waals surface area contributed by atoms with E-state index < -0.39 is 6.29 Å². The highest BCUT2D eigenvalue weighted by molar-refractivity contribution is 4.74.